The first-order chi connectivity index (χ1) is 8.50. The minimum Gasteiger partial charge on any atom is -0.299 e. The highest BCUT2D eigenvalue weighted by molar-refractivity contribution is 5.80. The average Bonchev–Trinajstić information content (AvgIpc) is 2.34. The van der Waals surface area contributed by atoms with Crippen LogP contribution in [-0.4, -0.2) is 5.78 Å². The maximum absolute atomic E-state index is 11.7. The summed E-state index contributed by atoms with van der Waals surface area (Å²) < 4.78 is 0. The van der Waals surface area contributed by atoms with Gasteiger partial charge in [-0.3, -0.25) is 4.79 Å². The summed E-state index contributed by atoms with van der Waals surface area (Å²) in [5, 5.41) is 0. The minimum absolute atomic E-state index is 0.160. The Morgan fingerprint density at radius 1 is 1.00 bits per heavy atom. The molecule has 0 aromatic heterocycles. The number of rotatable bonds is 7. The van der Waals surface area contributed by atoms with Gasteiger partial charge in [0.25, 0.3) is 0 Å². The fourth-order valence-corrected chi connectivity index (χ4v) is 2.04. The van der Waals surface area contributed by atoms with Crippen molar-refractivity contribution >= 4 is 5.78 Å². The van der Waals surface area contributed by atoms with Crippen LogP contribution in [0.4, 0.5) is 0 Å². The first-order valence-corrected chi connectivity index (χ1v) is 7.10. The highest BCUT2D eigenvalue weighted by atomic mass is 16.1. The topological polar surface area (TPSA) is 17.1 Å². The van der Waals surface area contributed by atoms with Crippen molar-refractivity contribution < 1.29 is 4.79 Å². The Hall–Kier alpha value is -1.11. The standard InChI is InChI=1S/C17H26O/c1-13(2)9-10-15-7-5-6-8-16(15)11-12-17(18)14(3)4/h5-8,13-14H,9-12H2,1-4H3. The van der Waals surface area contributed by atoms with Crippen molar-refractivity contribution in [2.45, 2.75) is 53.4 Å². The Balaban J connectivity index is 2.61. The van der Waals surface area contributed by atoms with Gasteiger partial charge in [-0.15, -0.1) is 0 Å². The Bertz CT molecular complexity index is 377. The molecule has 100 valence electrons. The van der Waals surface area contributed by atoms with Gasteiger partial charge in [-0.1, -0.05) is 52.0 Å². The highest BCUT2D eigenvalue weighted by Crippen LogP contribution is 2.16. The van der Waals surface area contributed by atoms with Crippen molar-refractivity contribution in [3.63, 3.8) is 0 Å². The van der Waals surface area contributed by atoms with Crippen molar-refractivity contribution in [3.05, 3.63) is 35.4 Å². The lowest BCUT2D eigenvalue weighted by atomic mass is 9.94. The molecular formula is C17H26O. The Morgan fingerprint density at radius 3 is 2.06 bits per heavy atom. The van der Waals surface area contributed by atoms with Gasteiger partial charge in [0.05, 0.1) is 0 Å². The predicted molar refractivity (Wildman–Crippen MR) is 77.8 cm³/mol. The van der Waals surface area contributed by atoms with Crippen LogP contribution in [0.25, 0.3) is 0 Å². The van der Waals surface area contributed by atoms with Crippen LogP contribution >= 0.6 is 0 Å². The number of carbonyl (C=O) groups is 1. The van der Waals surface area contributed by atoms with Crippen LogP contribution < -0.4 is 0 Å². The summed E-state index contributed by atoms with van der Waals surface area (Å²) in [7, 11) is 0. The van der Waals surface area contributed by atoms with Gasteiger partial charge in [-0.25, -0.2) is 0 Å². The molecule has 0 spiro atoms. The molecule has 1 aromatic rings. The summed E-state index contributed by atoms with van der Waals surface area (Å²) in [6, 6.07) is 8.55. The molecule has 0 amide bonds. The second kappa shape index (κ2) is 7.35. The summed E-state index contributed by atoms with van der Waals surface area (Å²) in [4.78, 5) is 11.7. The SMILES string of the molecule is CC(C)CCc1ccccc1CCC(=O)C(C)C. The summed E-state index contributed by atoms with van der Waals surface area (Å²) in [6.45, 7) is 8.47. The average molecular weight is 246 g/mol. The zero-order valence-corrected chi connectivity index (χ0v) is 12.2. The second-order valence-corrected chi connectivity index (χ2v) is 5.82. The van der Waals surface area contributed by atoms with E-state index in [1.807, 2.05) is 13.8 Å². The third-order valence-corrected chi connectivity index (χ3v) is 3.39. The number of hydrogen-bond donors (Lipinski definition) is 0. The van der Waals surface area contributed by atoms with Gasteiger partial charge in [0.15, 0.2) is 0 Å². The van der Waals surface area contributed by atoms with E-state index in [0.29, 0.717) is 12.2 Å². The van der Waals surface area contributed by atoms with Crippen LogP contribution in [0.2, 0.25) is 0 Å². The summed E-state index contributed by atoms with van der Waals surface area (Å²) in [6.07, 6.45) is 3.92. The van der Waals surface area contributed by atoms with Gasteiger partial charge >= 0.3 is 0 Å². The van der Waals surface area contributed by atoms with E-state index < -0.39 is 0 Å². The lowest BCUT2D eigenvalue weighted by molar-refractivity contribution is -0.121. The number of carbonyl (C=O) groups excluding carboxylic acids is 1. The number of aryl methyl sites for hydroxylation is 2. The molecule has 0 bridgehead atoms. The van der Waals surface area contributed by atoms with Crippen molar-refractivity contribution in [2.24, 2.45) is 11.8 Å². The van der Waals surface area contributed by atoms with E-state index in [-0.39, 0.29) is 5.92 Å². The van der Waals surface area contributed by atoms with Crippen molar-refractivity contribution in [2.75, 3.05) is 0 Å². The quantitative estimate of drug-likeness (QED) is 0.695. The molecule has 0 saturated carbocycles. The van der Waals surface area contributed by atoms with Crippen LogP contribution in [0, 0.1) is 11.8 Å². The van der Waals surface area contributed by atoms with E-state index in [4.69, 9.17) is 0 Å². The van der Waals surface area contributed by atoms with Crippen molar-refractivity contribution in [1.29, 1.82) is 0 Å². The molecule has 0 radical (unpaired) electrons. The van der Waals surface area contributed by atoms with Gasteiger partial charge in [0, 0.05) is 12.3 Å². The Kier molecular flexibility index (Phi) is 6.11. The van der Waals surface area contributed by atoms with Crippen LogP contribution in [0.15, 0.2) is 24.3 Å². The van der Waals surface area contributed by atoms with E-state index in [1.54, 1.807) is 0 Å². The maximum Gasteiger partial charge on any atom is 0.135 e. The molecule has 0 aliphatic carbocycles. The third kappa shape index (κ3) is 5.03. The molecule has 0 saturated heterocycles. The number of hydrogen-bond acceptors (Lipinski definition) is 1. The molecule has 1 aromatic carbocycles. The maximum atomic E-state index is 11.7. The van der Waals surface area contributed by atoms with Crippen LogP contribution in [0.3, 0.4) is 0 Å². The largest absolute Gasteiger partial charge is 0.299 e. The van der Waals surface area contributed by atoms with Crippen molar-refractivity contribution in [3.8, 4) is 0 Å². The lowest BCUT2D eigenvalue weighted by Crippen LogP contribution is -2.08. The summed E-state index contributed by atoms with van der Waals surface area (Å²) in [5.74, 6) is 1.26. The predicted octanol–water partition coefficient (Wildman–Crippen LogP) is 4.43. The molecule has 1 heteroatoms. The second-order valence-electron chi connectivity index (χ2n) is 5.82. The van der Waals surface area contributed by atoms with E-state index in [9.17, 15) is 4.79 Å². The van der Waals surface area contributed by atoms with Crippen LogP contribution in [0.1, 0.15) is 51.7 Å². The molecule has 0 aliphatic heterocycles. The molecule has 1 rings (SSSR count). The van der Waals surface area contributed by atoms with Crippen LogP contribution in [0.5, 0.6) is 0 Å². The first-order valence-electron chi connectivity index (χ1n) is 7.10. The van der Waals surface area contributed by atoms with E-state index >= 15 is 0 Å². The normalized spacial score (nSPS) is 11.2. The molecule has 0 unspecified atom stereocenters. The fraction of sp³-hybridized carbons (Fsp3) is 0.588. The van der Waals surface area contributed by atoms with E-state index in [1.165, 1.54) is 17.5 Å². The monoisotopic (exact) mass is 246 g/mol. The lowest BCUT2D eigenvalue weighted by Gasteiger charge is -2.11. The van der Waals surface area contributed by atoms with Gasteiger partial charge in [-0.05, 0) is 36.3 Å². The molecule has 0 fully saturated rings. The van der Waals surface area contributed by atoms with Gasteiger partial charge in [0.2, 0.25) is 0 Å². The van der Waals surface area contributed by atoms with Crippen molar-refractivity contribution in [1.82, 2.24) is 0 Å². The first kappa shape index (κ1) is 14.9. The molecule has 0 heterocycles. The fourth-order valence-electron chi connectivity index (χ4n) is 2.04. The van der Waals surface area contributed by atoms with E-state index in [0.717, 1.165) is 18.8 Å². The third-order valence-electron chi connectivity index (χ3n) is 3.39. The van der Waals surface area contributed by atoms with Gasteiger partial charge in [-0.2, -0.15) is 0 Å². The number of benzene rings is 1. The smallest absolute Gasteiger partial charge is 0.135 e. The zero-order chi connectivity index (χ0) is 13.5. The minimum atomic E-state index is 0.160. The molecular weight excluding hydrogens is 220 g/mol. The summed E-state index contributed by atoms with van der Waals surface area (Å²) in [5.41, 5.74) is 2.77. The molecule has 18 heavy (non-hydrogen) atoms. The Morgan fingerprint density at radius 2 is 1.56 bits per heavy atom. The van der Waals surface area contributed by atoms with E-state index in [2.05, 4.69) is 38.1 Å². The van der Waals surface area contributed by atoms with Gasteiger partial charge < -0.3 is 0 Å². The molecule has 1 nitrogen and oxygen atoms in total. The molecule has 0 atom stereocenters. The zero-order valence-electron chi connectivity index (χ0n) is 12.2. The van der Waals surface area contributed by atoms with Crippen LogP contribution in [-0.2, 0) is 17.6 Å². The Labute approximate surface area is 112 Å². The number of ketones is 1. The van der Waals surface area contributed by atoms with Gasteiger partial charge in [0.1, 0.15) is 5.78 Å². The summed E-state index contributed by atoms with van der Waals surface area (Å²) >= 11 is 0. The molecule has 0 aliphatic rings. The highest BCUT2D eigenvalue weighted by Gasteiger charge is 2.09. The molecule has 0 N–H and O–H groups in total. The number of Topliss-reactive ketones (excluding diaryl/α,β-unsaturated/α-hetero) is 1.